The van der Waals surface area contributed by atoms with Crippen LogP contribution in [-0.4, -0.2) is 71.6 Å². The Kier molecular flexibility index (Phi) is 9.96. The monoisotopic (exact) mass is 514 g/mol. The predicted octanol–water partition coefficient (Wildman–Crippen LogP) is 4.11. The Bertz CT molecular complexity index is 919. The van der Waals surface area contributed by atoms with Gasteiger partial charge in [-0.15, -0.1) is 0 Å². The van der Waals surface area contributed by atoms with Crippen molar-refractivity contribution in [1.29, 1.82) is 0 Å². The largest absolute Gasteiger partial charge is 0.456 e. The first-order valence-corrected chi connectivity index (χ1v) is 13.6. The Morgan fingerprint density at radius 3 is 2.78 bits per heavy atom. The summed E-state index contributed by atoms with van der Waals surface area (Å²) < 4.78 is 23.4. The molecule has 4 heterocycles. The van der Waals surface area contributed by atoms with Gasteiger partial charge in [-0.05, 0) is 51.4 Å². The van der Waals surface area contributed by atoms with Gasteiger partial charge in [-0.25, -0.2) is 4.79 Å². The minimum Gasteiger partial charge on any atom is -0.456 e. The number of fused-ring (bicyclic) bond motifs is 3. The van der Waals surface area contributed by atoms with Crippen molar-refractivity contribution < 1.29 is 34.0 Å². The maximum Gasteiger partial charge on any atom is 0.330 e. The van der Waals surface area contributed by atoms with Crippen LogP contribution in [-0.2, 0) is 23.7 Å². The number of hydrogen-bond donors (Lipinski definition) is 2. The van der Waals surface area contributed by atoms with Crippen LogP contribution >= 0.6 is 0 Å². The summed E-state index contributed by atoms with van der Waals surface area (Å²) in [6.45, 7) is 8.98. The first-order valence-electron chi connectivity index (χ1n) is 13.6. The third-order valence-corrected chi connectivity index (χ3v) is 7.44. The van der Waals surface area contributed by atoms with Crippen LogP contribution in [0, 0.1) is 5.92 Å². The van der Waals surface area contributed by atoms with Gasteiger partial charge in [0, 0.05) is 12.5 Å². The molecule has 4 aliphatic heterocycles. The fraction of sp³-hybridized carbons (Fsp3) is 0.633. The summed E-state index contributed by atoms with van der Waals surface area (Å²) in [5.41, 5.74) is 2.23. The Balaban J connectivity index is 1.44. The number of ether oxygens (including phenoxy) is 4. The van der Waals surface area contributed by atoms with E-state index in [1.165, 1.54) is 11.6 Å². The number of carbonyl (C=O) groups is 1. The number of aliphatic hydroxyl groups is 2. The van der Waals surface area contributed by atoms with Crippen LogP contribution in [0.3, 0.4) is 0 Å². The molecule has 2 N–H and O–H groups in total. The van der Waals surface area contributed by atoms with Crippen LogP contribution in [0.1, 0.15) is 58.8 Å². The summed E-state index contributed by atoms with van der Waals surface area (Å²) in [6.07, 6.45) is 14.3. The van der Waals surface area contributed by atoms with Crippen LogP contribution in [0.5, 0.6) is 0 Å². The molecule has 0 spiro atoms. The van der Waals surface area contributed by atoms with Gasteiger partial charge in [0.05, 0.1) is 37.1 Å². The highest BCUT2D eigenvalue weighted by atomic mass is 16.6. The summed E-state index contributed by atoms with van der Waals surface area (Å²) in [7, 11) is 0. The highest BCUT2D eigenvalue weighted by Gasteiger charge is 2.46. The zero-order valence-electron chi connectivity index (χ0n) is 22.0. The number of hydrogen-bond acceptors (Lipinski definition) is 7. The van der Waals surface area contributed by atoms with Crippen molar-refractivity contribution in [2.45, 2.75) is 108 Å². The minimum atomic E-state index is -1.03. The second kappa shape index (κ2) is 13.2. The maximum absolute atomic E-state index is 12.6. The fourth-order valence-electron chi connectivity index (χ4n) is 5.45. The van der Waals surface area contributed by atoms with Gasteiger partial charge < -0.3 is 29.2 Å². The molecule has 0 aromatic rings. The third kappa shape index (κ3) is 8.76. The Morgan fingerprint density at radius 1 is 1.14 bits per heavy atom. The summed E-state index contributed by atoms with van der Waals surface area (Å²) in [5.74, 6) is -0.141. The number of aliphatic hydroxyl groups excluding tert-OH is 2. The van der Waals surface area contributed by atoms with Crippen molar-refractivity contribution in [1.82, 2.24) is 0 Å². The van der Waals surface area contributed by atoms with Crippen molar-refractivity contribution in [3.05, 3.63) is 60.3 Å². The predicted molar refractivity (Wildman–Crippen MR) is 141 cm³/mol. The molecule has 1 saturated heterocycles. The number of cyclic esters (lactones) is 1. The number of carbonyl (C=O) groups excluding carboxylic acids is 1. The van der Waals surface area contributed by atoms with Gasteiger partial charge in [0.25, 0.3) is 0 Å². The van der Waals surface area contributed by atoms with Gasteiger partial charge in [-0.2, -0.15) is 0 Å². The molecule has 7 heteroatoms. The van der Waals surface area contributed by atoms with E-state index >= 15 is 0 Å². The smallest absolute Gasteiger partial charge is 0.330 e. The van der Waals surface area contributed by atoms with Gasteiger partial charge in [-0.3, -0.25) is 0 Å². The van der Waals surface area contributed by atoms with Gasteiger partial charge in [0.2, 0.25) is 0 Å². The first-order chi connectivity index (χ1) is 17.8. The zero-order valence-corrected chi connectivity index (χ0v) is 22.0. The Labute approximate surface area is 220 Å². The molecule has 0 aliphatic carbocycles. The summed E-state index contributed by atoms with van der Waals surface area (Å²) >= 11 is 0. The Morgan fingerprint density at radius 2 is 1.97 bits per heavy atom. The fourth-order valence-corrected chi connectivity index (χ4v) is 5.45. The van der Waals surface area contributed by atoms with E-state index in [-0.39, 0.29) is 36.9 Å². The molecular formula is C30H42O7. The molecule has 37 heavy (non-hydrogen) atoms. The van der Waals surface area contributed by atoms with Crippen LogP contribution in [0.25, 0.3) is 0 Å². The molecule has 4 rings (SSSR count). The van der Waals surface area contributed by atoms with Crippen molar-refractivity contribution >= 4 is 5.97 Å². The van der Waals surface area contributed by atoms with E-state index in [1.807, 2.05) is 18.2 Å². The van der Waals surface area contributed by atoms with E-state index in [0.717, 1.165) is 31.3 Å². The van der Waals surface area contributed by atoms with Crippen molar-refractivity contribution in [2.75, 3.05) is 6.61 Å². The summed E-state index contributed by atoms with van der Waals surface area (Å²) in [4.78, 5) is 12.6. The lowest BCUT2D eigenvalue weighted by Gasteiger charge is -2.28. The van der Waals surface area contributed by atoms with Gasteiger partial charge in [0.1, 0.15) is 18.3 Å². The van der Waals surface area contributed by atoms with Crippen molar-refractivity contribution in [2.24, 2.45) is 5.92 Å². The molecule has 4 aliphatic rings. The van der Waals surface area contributed by atoms with E-state index in [4.69, 9.17) is 18.9 Å². The van der Waals surface area contributed by atoms with E-state index in [2.05, 4.69) is 26.5 Å². The molecule has 0 amide bonds. The second-order valence-electron chi connectivity index (χ2n) is 11.0. The molecule has 7 nitrogen and oxygen atoms in total. The lowest BCUT2D eigenvalue weighted by atomic mass is 9.91. The molecule has 0 unspecified atom stereocenters. The van der Waals surface area contributed by atoms with E-state index in [1.54, 1.807) is 12.2 Å². The Hall–Kier alpha value is -2.03. The number of esters is 1. The molecule has 0 saturated carbocycles. The minimum absolute atomic E-state index is 0.0863. The third-order valence-electron chi connectivity index (χ3n) is 7.44. The van der Waals surface area contributed by atoms with Crippen LogP contribution in [0.4, 0.5) is 0 Å². The van der Waals surface area contributed by atoms with E-state index < -0.39 is 24.3 Å². The van der Waals surface area contributed by atoms with Gasteiger partial charge in [0.15, 0.2) is 0 Å². The van der Waals surface area contributed by atoms with Crippen LogP contribution in [0.2, 0.25) is 0 Å². The second-order valence-corrected chi connectivity index (χ2v) is 11.0. The lowest BCUT2D eigenvalue weighted by molar-refractivity contribution is -0.148. The molecule has 0 aromatic heterocycles. The molecule has 0 radical (unpaired) electrons. The molecule has 204 valence electrons. The van der Waals surface area contributed by atoms with Gasteiger partial charge >= 0.3 is 5.97 Å². The van der Waals surface area contributed by atoms with E-state index in [0.29, 0.717) is 25.4 Å². The van der Waals surface area contributed by atoms with Crippen molar-refractivity contribution in [3.8, 4) is 0 Å². The highest BCUT2D eigenvalue weighted by molar-refractivity contribution is 5.82. The quantitative estimate of drug-likeness (QED) is 0.332. The summed E-state index contributed by atoms with van der Waals surface area (Å²) in [6, 6.07) is 0. The standard InChI is InChI=1S/C30H42O7/c1-19-12-13-34-23(15-19)10-11-25(31)27-18-28-30(37-28)26(32)17-21(3)14-20(2)16-24-8-4-6-22(35-24)7-5-9-29(33)36-27/h4-6,9-12,20,22-28,30-32H,3,7-8,13-18H2,1-2H3/b9-5+,11-10+/t20-,22-,23+,24-,25-,26-,27-,28+,30-/m0/s1. The van der Waals surface area contributed by atoms with Crippen LogP contribution < -0.4 is 0 Å². The topological polar surface area (TPSA) is 97.8 Å². The van der Waals surface area contributed by atoms with Gasteiger partial charge in [-0.1, -0.05) is 61.1 Å². The lowest BCUT2D eigenvalue weighted by Crippen LogP contribution is -2.32. The average Bonchev–Trinajstić information content (AvgIpc) is 3.61. The molecule has 2 bridgehead atoms. The molecule has 0 aromatic carbocycles. The highest BCUT2D eigenvalue weighted by Crippen LogP contribution is 2.35. The van der Waals surface area contributed by atoms with E-state index in [9.17, 15) is 15.0 Å². The molecular weight excluding hydrogens is 472 g/mol. The zero-order chi connectivity index (χ0) is 26.4. The normalized spacial score (nSPS) is 39.6. The van der Waals surface area contributed by atoms with Crippen molar-refractivity contribution in [3.63, 3.8) is 0 Å². The maximum atomic E-state index is 12.6. The van der Waals surface area contributed by atoms with Crippen LogP contribution in [0.15, 0.2) is 60.3 Å². The molecule has 1 fully saturated rings. The SMILES string of the molecule is C=C1C[C@H](C)C[C@@H]2CC=C[C@@H](C/C=C/C(=O)O[C@H]([C@@H](O)/C=C/[C@@H]3CC(C)=CCO3)C[C@H]3O[C@H]3[C@@H](O)C1)O2. The average molecular weight is 515 g/mol. The first kappa shape index (κ1) is 28.0. The summed E-state index contributed by atoms with van der Waals surface area (Å²) in [5, 5.41) is 21.7. The number of epoxide rings is 1. The molecule has 9 atom stereocenters. The number of rotatable bonds is 3.